The number of ketones is 1. The summed E-state index contributed by atoms with van der Waals surface area (Å²) in [6.07, 6.45) is 1.75. The third-order valence-electron chi connectivity index (χ3n) is 3.39. The van der Waals surface area contributed by atoms with Crippen LogP contribution in [0.3, 0.4) is 0 Å². The molecule has 106 valence electrons. The molecule has 0 atom stereocenters. The maximum atomic E-state index is 12.2. The van der Waals surface area contributed by atoms with E-state index >= 15 is 0 Å². The van der Waals surface area contributed by atoms with Crippen LogP contribution in [0, 0.1) is 6.92 Å². The number of hydrogen-bond acceptors (Lipinski definition) is 2. The van der Waals surface area contributed by atoms with Crippen molar-refractivity contribution >= 4 is 21.7 Å². The van der Waals surface area contributed by atoms with Crippen LogP contribution < -0.4 is 0 Å². The Morgan fingerprint density at radius 1 is 1.25 bits per heavy atom. The van der Waals surface area contributed by atoms with Crippen LogP contribution in [0.5, 0.6) is 0 Å². The summed E-state index contributed by atoms with van der Waals surface area (Å²) >= 11 is 3.55. The van der Waals surface area contributed by atoms with Crippen molar-refractivity contribution in [2.24, 2.45) is 7.05 Å². The molecule has 0 saturated carbocycles. The second-order valence-corrected chi connectivity index (χ2v) is 5.86. The Bertz CT molecular complexity index is 614. The Balaban J connectivity index is 2.08. The van der Waals surface area contributed by atoms with Gasteiger partial charge in [0.25, 0.3) is 0 Å². The molecule has 3 nitrogen and oxygen atoms in total. The molecule has 2 aromatic rings. The van der Waals surface area contributed by atoms with Crippen LogP contribution in [-0.4, -0.2) is 15.6 Å². The number of aryl methyl sites for hydroxylation is 3. The van der Waals surface area contributed by atoms with Crippen molar-refractivity contribution in [3.8, 4) is 0 Å². The van der Waals surface area contributed by atoms with E-state index in [1.807, 2.05) is 38.2 Å². The van der Waals surface area contributed by atoms with Crippen molar-refractivity contribution in [1.82, 2.24) is 9.78 Å². The summed E-state index contributed by atoms with van der Waals surface area (Å²) < 4.78 is 2.77. The molecule has 0 N–H and O–H groups in total. The number of halogens is 1. The average molecular weight is 335 g/mol. The van der Waals surface area contributed by atoms with Gasteiger partial charge in [0.1, 0.15) is 5.78 Å². The van der Waals surface area contributed by atoms with Gasteiger partial charge in [0.2, 0.25) is 0 Å². The zero-order valence-corrected chi connectivity index (χ0v) is 13.7. The monoisotopic (exact) mass is 334 g/mol. The molecule has 0 fully saturated rings. The first-order valence-corrected chi connectivity index (χ1v) is 7.58. The smallest absolute Gasteiger partial charge is 0.143 e. The average Bonchev–Trinajstić information content (AvgIpc) is 2.69. The number of carbonyl (C=O) groups excluding carboxylic acids is 1. The Hall–Kier alpha value is -1.42. The van der Waals surface area contributed by atoms with Gasteiger partial charge in [-0.05, 0) is 34.8 Å². The maximum absolute atomic E-state index is 12.2. The van der Waals surface area contributed by atoms with E-state index in [9.17, 15) is 4.79 Å². The van der Waals surface area contributed by atoms with Crippen LogP contribution in [0.25, 0.3) is 0 Å². The zero-order valence-electron chi connectivity index (χ0n) is 12.1. The third kappa shape index (κ3) is 3.37. The van der Waals surface area contributed by atoms with Gasteiger partial charge < -0.3 is 0 Å². The Morgan fingerprint density at radius 2 is 1.90 bits per heavy atom. The number of nitrogens with zero attached hydrogens (tertiary/aromatic N) is 2. The minimum atomic E-state index is 0.209. The fourth-order valence-corrected chi connectivity index (χ4v) is 2.95. The highest BCUT2D eigenvalue weighted by atomic mass is 79.9. The summed E-state index contributed by atoms with van der Waals surface area (Å²) in [5.74, 6) is 0.209. The molecule has 2 rings (SSSR count). The standard InChI is InChI=1S/C16H19BrN2O/c1-4-14-16(17)15(19(3)18-14)10-13(20)9-12-7-5-11(2)6-8-12/h5-8H,4,9-10H2,1-3H3. The summed E-state index contributed by atoms with van der Waals surface area (Å²) in [6, 6.07) is 8.11. The first-order chi connectivity index (χ1) is 9.51. The minimum absolute atomic E-state index is 0.209. The predicted octanol–water partition coefficient (Wildman–Crippen LogP) is 3.41. The molecule has 0 radical (unpaired) electrons. The van der Waals surface area contributed by atoms with Crippen molar-refractivity contribution in [3.05, 3.63) is 51.3 Å². The molecule has 0 bridgehead atoms. The van der Waals surface area contributed by atoms with E-state index in [2.05, 4.69) is 28.0 Å². The lowest BCUT2D eigenvalue weighted by atomic mass is 10.0. The van der Waals surface area contributed by atoms with Crippen LogP contribution in [0.4, 0.5) is 0 Å². The predicted molar refractivity (Wildman–Crippen MR) is 83.9 cm³/mol. The van der Waals surface area contributed by atoms with Gasteiger partial charge in [0.15, 0.2) is 0 Å². The van der Waals surface area contributed by atoms with E-state index in [0.29, 0.717) is 12.8 Å². The molecule has 0 saturated heterocycles. The quantitative estimate of drug-likeness (QED) is 0.839. The van der Waals surface area contributed by atoms with Crippen molar-refractivity contribution in [2.75, 3.05) is 0 Å². The number of hydrogen-bond donors (Lipinski definition) is 0. The summed E-state index contributed by atoms with van der Waals surface area (Å²) in [5, 5.41) is 4.42. The molecule has 0 aliphatic carbocycles. The normalized spacial score (nSPS) is 10.8. The van der Waals surface area contributed by atoms with E-state index in [-0.39, 0.29) is 5.78 Å². The molecular weight excluding hydrogens is 316 g/mol. The van der Waals surface area contributed by atoms with Crippen molar-refractivity contribution in [1.29, 1.82) is 0 Å². The van der Waals surface area contributed by atoms with Gasteiger partial charge >= 0.3 is 0 Å². The molecule has 1 aromatic carbocycles. The molecular formula is C16H19BrN2O. The number of rotatable bonds is 5. The molecule has 0 amide bonds. The Kier molecular flexibility index (Phi) is 4.76. The molecule has 1 aromatic heterocycles. The van der Waals surface area contributed by atoms with Gasteiger partial charge in [-0.25, -0.2) is 0 Å². The van der Waals surface area contributed by atoms with Crippen molar-refractivity contribution in [2.45, 2.75) is 33.1 Å². The number of aromatic nitrogens is 2. The van der Waals surface area contributed by atoms with E-state index in [1.54, 1.807) is 4.68 Å². The van der Waals surface area contributed by atoms with E-state index in [0.717, 1.165) is 27.8 Å². The van der Waals surface area contributed by atoms with Gasteiger partial charge in [-0.3, -0.25) is 9.48 Å². The fraction of sp³-hybridized carbons (Fsp3) is 0.375. The van der Waals surface area contributed by atoms with Crippen LogP contribution in [0.1, 0.15) is 29.4 Å². The molecule has 0 spiro atoms. The summed E-state index contributed by atoms with van der Waals surface area (Å²) in [5.41, 5.74) is 4.24. The first kappa shape index (κ1) is 15.0. The van der Waals surface area contributed by atoms with Gasteiger partial charge in [0, 0.05) is 19.9 Å². The summed E-state index contributed by atoms with van der Waals surface area (Å²) in [6.45, 7) is 4.11. The SMILES string of the molecule is CCc1nn(C)c(CC(=O)Cc2ccc(C)cc2)c1Br. The lowest BCUT2D eigenvalue weighted by molar-refractivity contribution is -0.117. The molecule has 0 aliphatic heterocycles. The van der Waals surface area contributed by atoms with E-state index in [1.165, 1.54) is 5.56 Å². The number of benzene rings is 1. The van der Waals surface area contributed by atoms with Gasteiger partial charge in [0.05, 0.1) is 15.9 Å². The number of Topliss-reactive ketones (excluding diaryl/α,β-unsaturated/α-hetero) is 1. The van der Waals surface area contributed by atoms with E-state index in [4.69, 9.17) is 0 Å². The van der Waals surface area contributed by atoms with E-state index < -0.39 is 0 Å². The second kappa shape index (κ2) is 6.35. The van der Waals surface area contributed by atoms with Crippen LogP contribution in [0.15, 0.2) is 28.7 Å². The highest BCUT2D eigenvalue weighted by Crippen LogP contribution is 2.22. The van der Waals surface area contributed by atoms with Crippen molar-refractivity contribution in [3.63, 3.8) is 0 Å². The van der Waals surface area contributed by atoms with Crippen LogP contribution in [-0.2, 0) is 31.1 Å². The lowest BCUT2D eigenvalue weighted by Gasteiger charge is -2.04. The third-order valence-corrected chi connectivity index (χ3v) is 4.30. The summed E-state index contributed by atoms with van der Waals surface area (Å²) in [7, 11) is 1.89. The molecule has 0 aliphatic rings. The fourth-order valence-electron chi connectivity index (χ4n) is 2.19. The topological polar surface area (TPSA) is 34.9 Å². The highest BCUT2D eigenvalue weighted by molar-refractivity contribution is 9.10. The lowest BCUT2D eigenvalue weighted by Crippen LogP contribution is -2.10. The number of carbonyl (C=O) groups is 1. The zero-order chi connectivity index (χ0) is 14.7. The molecule has 20 heavy (non-hydrogen) atoms. The highest BCUT2D eigenvalue weighted by Gasteiger charge is 2.15. The second-order valence-electron chi connectivity index (χ2n) is 5.06. The van der Waals surface area contributed by atoms with Crippen LogP contribution >= 0.6 is 15.9 Å². The summed E-state index contributed by atoms with van der Waals surface area (Å²) in [4.78, 5) is 12.2. The van der Waals surface area contributed by atoms with Gasteiger partial charge in [-0.2, -0.15) is 5.10 Å². The largest absolute Gasteiger partial charge is 0.299 e. The van der Waals surface area contributed by atoms with Crippen molar-refractivity contribution < 1.29 is 4.79 Å². The molecule has 4 heteroatoms. The molecule has 1 heterocycles. The molecule has 0 unspecified atom stereocenters. The minimum Gasteiger partial charge on any atom is -0.299 e. The first-order valence-electron chi connectivity index (χ1n) is 6.78. The van der Waals surface area contributed by atoms with Crippen LogP contribution in [0.2, 0.25) is 0 Å². The Labute approximate surface area is 128 Å². The van der Waals surface area contributed by atoms with Gasteiger partial charge in [-0.1, -0.05) is 36.8 Å². The van der Waals surface area contributed by atoms with Gasteiger partial charge in [-0.15, -0.1) is 0 Å². The Morgan fingerprint density at radius 3 is 2.45 bits per heavy atom. The maximum Gasteiger partial charge on any atom is 0.143 e.